The van der Waals surface area contributed by atoms with E-state index in [0.717, 1.165) is 5.56 Å². The zero-order valence-electron chi connectivity index (χ0n) is 17.1. The largest absolute Gasteiger partial charge is 0.508 e. The van der Waals surface area contributed by atoms with Crippen LogP contribution in [0.1, 0.15) is 25.7 Å². The van der Waals surface area contributed by atoms with Gasteiger partial charge in [0, 0.05) is 12.7 Å². The highest BCUT2D eigenvalue weighted by molar-refractivity contribution is 5.61. The lowest BCUT2D eigenvalue weighted by atomic mass is 9.97. The van der Waals surface area contributed by atoms with Crippen molar-refractivity contribution in [3.8, 4) is 0 Å². The number of hydrogen-bond acceptors (Lipinski definition) is 10. The smallest absolute Gasteiger partial charge is 0.435 e. The number of hydrogen-bond donors (Lipinski definition) is 0. The summed E-state index contributed by atoms with van der Waals surface area (Å²) in [5.74, 6) is 0. The van der Waals surface area contributed by atoms with Gasteiger partial charge in [-0.2, -0.15) is 0 Å². The fourth-order valence-electron chi connectivity index (χ4n) is 3.30. The van der Waals surface area contributed by atoms with Crippen molar-refractivity contribution in [2.75, 3.05) is 26.9 Å². The van der Waals surface area contributed by atoms with Gasteiger partial charge in [0.2, 0.25) is 0 Å². The van der Waals surface area contributed by atoms with Crippen molar-refractivity contribution in [1.82, 2.24) is 0 Å². The molecule has 2 fully saturated rings. The van der Waals surface area contributed by atoms with Gasteiger partial charge in [0.25, 0.3) is 0 Å². The van der Waals surface area contributed by atoms with Crippen LogP contribution >= 0.6 is 0 Å². The Labute approximate surface area is 174 Å². The molecule has 6 atom stereocenters. The van der Waals surface area contributed by atoms with E-state index in [2.05, 4.69) is 0 Å². The highest BCUT2D eigenvalue weighted by Gasteiger charge is 2.54. The first-order valence-electron chi connectivity index (χ1n) is 9.74. The van der Waals surface area contributed by atoms with E-state index in [1.54, 1.807) is 13.8 Å². The molecule has 0 aliphatic carbocycles. The second kappa shape index (κ2) is 10.6. The normalized spacial score (nSPS) is 30.6. The zero-order valence-corrected chi connectivity index (χ0v) is 17.1. The van der Waals surface area contributed by atoms with Gasteiger partial charge >= 0.3 is 12.3 Å². The predicted octanol–water partition coefficient (Wildman–Crippen LogP) is 2.56. The van der Waals surface area contributed by atoms with Gasteiger partial charge in [-0.15, -0.1) is 0 Å². The van der Waals surface area contributed by atoms with Crippen molar-refractivity contribution in [1.29, 1.82) is 0 Å². The van der Waals surface area contributed by atoms with E-state index in [0.29, 0.717) is 0 Å². The van der Waals surface area contributed by atoms with E-state index in [-0.39, 0.29) is 19.8 Å². The lowest BCUT2D eigenvalue weighted by Gasteiger charge is -2.47. The minimum atomic E-state index is -1.14. The average Bonchev–Trinajstić information content (AvgIpc) is 2.75. The molecule has 2 saturated heterocycles. The molecule has 10 nitrogen and oxygen atoms in total. The lowest BCUT2D eigenvalue weighted by molar-refractivity contribution is -0.358. The summed E-state index contributed by atoms with van der Waals surface area (Å²) in [5, 5.41) is 0. The van der Waals surface area contributed by atoms with Crippen LogP contribution in [-0.2, 0) is 37.9 Å². The summed E-state index contributed by atoms with van der Waals surface area (Å²) in [5.41, 5.74) is 0.780. The van der Waals surface area contributed by atoms with Crippen LogP contribution < -0.4 is 0 Å². The zero-order chi connectivity index (χ0) is 21.5. The number of carbonyl (C=O) groups is 2. The summed E-state index contributed by atoms with van der Waals surface area (Å²) in [6, 6.07) is 9.27. The molecule has 0 amide bonds. The summed E-state index contributed by atoms with van der Waals surface area (Å²) in [4.78, 5) is 24.1. The Hall–Kier alpha value is -2.40. The molecule has 0 bridgehead atoms. The van der Waals surface area contributed by atoms with E-state index in [1.807, 2.05) is 30.3 Å². The Morgan fingerprint density at radius 2 is 1.60 bits per heavy atom. The maximum Gasteiger partial charge on any atom is 0.508 e. The number of ether oxygens (including phenoxy) is 8. The maximum atomic E-state index is 12.1. The predicted molar refractivity (Wildman–Crippen MR) is 99.5 cm³/mol. The molecule has 1 aromatic carbocycles. The van der Waals surface area contributed by atoms with Gasteiger partial charge in [-0.05, 0) is 13.8 Å². The first-order chi connectivity index (χ1) is 14.6. The van der Waals surface area contributed by atoms with Gasteiger partial charge in [0.1, 0.15) is 12.2 Å². The Bertz CT molecular complexity index is 696. The molecule has 2 heterocycles. The number of carbonyl (C=O) groups excluding carboxylic acids is 2. The van der Waals surface area contributed by atoms with Crippen molar-refractivity contribution < 1.29 is 47.5 Å². The summed E-state index contributed by atoms with van der Waals surface area (Å²) >= 11 is 0. The highest BCUT2D eigenvalue weighted by Crippen LogP contribution is 2.36. The van der Waals surface area contributed by atoms with Crippen LogP contribution in [0, 0.1) is 0 Å². The maximum absolute atomic E-state index is 12.1. The summed E-state index contributed by atoms with van der Waals surface area (Å²) in [7, 11) is 1.38. The Balaban J connectivity index is 1.85. The molecule has 0 unspecified atom stereocenters. The highest BCUT2D eigenvalue weighted by atomic mass is 16.8. The Morgan fingerprint density at radius 1 is 0.967 bits per heavy atom. The van der Waals surface area contributed by atoms with Gasteiger partial charge < -0.3 is 37.9 Å². The first-order valence-corrected chi connectivity index (χ1v) is 9.74. The van der Waals surface area contributed by atoms with Gasteiger partial charge in [-0.3, -0.25) is 0 Å². The molecule has 0 spiro atoms. The molecular formula is C20H26O10. The number of benzene rings is 1. The van der Waals surface area contributed by atoms with Crippen LogP contribution in [0.3, 0.4) is 0 Å². The van der Waals surface area contributed by atoms with Crippen LogP contribution in [0.15, 0.2) is 30.3 Å². The fraction of sp³-hybridized carbons (Fsp3) is 0.600. The van der Waals surface area contributed by atoms with Gasteiger partial charge in [0.15, 0.2) is 24.8 Å². The molecule has 30 heavy (non-hydrogen) atoms. The standard InChI is InChI=1S/C20H26O10/c1-4-24-19(21)29-15-14-13(11-26-17(28-14)12-9-7-6-8-10-12)27-18(23-3)16(15)30-20(22)25-5-2/h6-10,13-18H,4-5,11H2,1-3H3/t13-,14+,15-,16-,17+,18+/m1/s1. The lowest BCUT2D eigenvalue weighted by Crippen LogP contribution is -2.64. The van der Waals surface area contributed by atoms with Crippen LogP contribution in [0.25, 0.3) is 0 Å². The molecule has 2 aliphatic rings. The molecule has 0 aromatic heterocycles. The topological polar surface area (TPSA) is 108 Å². The van der Waals surface area contributed by atoms with Crippen LogP contribution in [0.2, 0.25) is 0 Å². The van der Waals surface area contributed by atoms with E-state index in [9.17, 15) is 9.59 Å². The van der Waals surface area contributed by atoms with Crippen LogP contribution in [0.5, 0.6) is 0 Å². The molecule has 1 aromatic rings. The third kappa shape index (κ3) is 5.20. The van der Waals surface area contributed by atoms with E-state index in [1.165, 1.54) is 7.11 Å². The second-order valence-electron chi connectivity index (χ2n) is 6.49. The van der Waals surface area contributed by atoms with Crippen molar-refractivity contribution in [3.63, 3.8) is 0 Å². The minimum Gasteiger partial charge on any atom is -0.435 e. The minimum absolute atomic E-state index is 0.111. The fourth-order valence-corrected chi connectivity index (χ4v) is 3.30. The van der Waals surface area contributed by atoms with Gasteiger partial charge in [-0.25, -0.2) is 9.59 Å². The summed E-state index contributed by atoms with van der Waals surface area (Å²) in [6.07, 6.45) is -7.28. The van der Waals surface area contributed by atoms with Gasteiger partial charge in [-0.1, -0.05) is 30.3 Å². The third-order valence-corrected chi connectivity index (χ3v) is 4.58. The number of rotatable bonds is 6. The molecule has 0 radical (unpaired) electrons. The SMILES string of the molecule is CCOC(=O)O[C@@H]1[C@H]2O[C@@H](c3ccccc3)OC[C@H]2O[C@H](OC)[C@@H]1OC(=O)OCC. The second-order valence-corrected chi connectivity index (χ2v) is 6.49. The molecule has 166 valence electrons. The number of methoxy groups -OCH3 is 1. The van der Waals surface area contributed by atoms with Crippen LogP contribution in [-0.4, -0.2) is 69.9 Å². The van der Waals surface area contributed by atoms with Crippen molar-refractivity contribution >= 4 is 12.3 Å². The Morgan fingerprint density at radius 3 is 2.20 bits per heavy atom. The monoisotopic (exact) mass is 426 g/mol. The van der Waals surface area contributed by atoms with E-state index in [4.69, 9.17) is 37.9 Å². The molecule has 10 heteroatoms. The molecule has 3 rings (SSSR count). The van der Waals surface area contributed by atoms with E-state index >= 15 is 0 Å². The van der Waals surface area contributed by atoms with Crippen molar-refractivity contribution in [2.24, 2.45) is 0 Å². The van der Waals surface area contributed by atoms with E-state index < -0.39 is 49.3 Å². The molecule has 2 aliphatic heterocycles. The van der Waals surface area contributed by atoms with Crippen molar-refractivity contribution in [3.05, 3.63) is 35.9 Å². The Kier molecular flexibility index (Phi) is 7.86. The first kappa shape index (κ1) is 22.3. The third-order valence-electron chi connectivity index (χ3n) is 4.58. The van der Waals surface area contributed by atoms with Crippen LogP contribution in [0.4, 0.5) is 9.59 Å². The molecule has 0 saturated carbocycles. The average molecular weight is 426 g/mol. The summed E-state index contributed by atoms with van der Waals surface area (Å²) in [6.45, 7) is 3.67. The van der Waals surface area contributed by atoms with Gasteiger partial charge in [0.05, 0.1) is 19.8 Å². The molecule has 0 N–H and O–H groups in total. The molecular weight excluding hydrogens is 400 g/mol. The van der Waals surface area contributed by atoms with Crippen molar-refractivity contribution in [2.45, 2.75) is 50.8 Å². The number of fused-ring (bicyclic) bond motifs is 1. The summed E-state index contributed by atoms with van der Waals surface area (Å²) < 4.78 is 43.6. The quantitative estimate of drug-likeness (QED) is 0.630.